The molecule has 1 N–H and O–H groups in total. The minimum atomic E-state index is -3.76. The van der Waals surface area contributed by atoms with Crippen molar-refractivity contribution in [2.75, 3.05) is 11.8 Å². The van der Waals surface area contributed by atoms with Crippen molar-refractivity contribution in [3.63, 3.8) is 0 Å². The van der Waals surface area contributed by atoms with Crippen LogP contribution in [-0.2, 0) is 10.0 Å². The SMILES string of the molecule is COc1ccc(C#CC(c2ccccc2)c2ccccc2NS(=O)(=O)c2ccc(C)cc2)cc1. The lowest BCUT2D eigenvalue weighted by Gasteiger charge is -2.18. The first-order chi connectivity index (χ1) is 16.5. The number of benzene rings is 4. The summed E-state index contributed by atoms with van der Waals surface area (Å²) in [5.41, 5.74) is 4.11. The Labute approximate surface area is 201 Å². The van der Waals surface area contributed by atoms with E-state index >= 15 is 0 Å². The summed E-state index contributed by atoms with van der Waals surface area (Å²) < 4.78 is 34.2. The zero-order chi connectivity index (χ0) is 24.0. The molecule has 0 aliphatic rings. The highest BCUT2D eigenvalue weighted by Gasteiger charge is 2.20. The molecule has 34 heavy (non-hydrogen) atoms. The first kappa shape index (κ1) is 23.2. The van der Waals surface area contributed by atoms with E-state index < -0.39 is 10.0 Å². The summed E-state index contributed by atoms with van der Waals surface area (Å²) in [6.07, 6.45) is 0. The van der Waals surface area contributed by atoms with Gasteiger partial charge >= 0.3 is 0 Å². The average molecular weight is 468 g/mol. The monoisotopic (exact) mass is 467 g/mol. The van der Waals surface area contributed by atoms with Gasteiger partial charge in [-0.3, -0.25) is 4.72 Å². The molecule has 0 saturated carbocycles. The molecule has 4 aromatic rings. The van der Waals surface area contributed by atoms with Crippen molar-refractivity contribution in [1.29, 1.82) is 0 Å². The number of sulfonamides is 1. The van der Waals surface area contributed by atoms with E-state index in [0.29, 0.717) is 5.69 Å². The van der Waals surface area contributed by atoms with Gasteiger partial charge in [-0.1, -0.05) is 78.1 Å². The molecule has 170 valence electrons. The third kappa shape index (κ3) is 5.48. The Morgan fingerprint density at radius 1 is 0.794 bits per heavy atom. The maximum absolute atomic E-state index is 13.1. The lowest BCUT2D eigenvalue weighted by Crippen LogP contribution is -2.15. The van der Waals surface area contributed by atoms with Crippen LogP contribution in [0.5, 0.6) is 5.75 Å². The van der Waals surface area contributed by atoms with Crippen molar-refractivity contribution in [3.8, 4) is 17.6 Å². The number of hydrogen-bond acceptors (Lipinski definition) is 3. The van der Waals surface area contributed by atoms with Gasteiger partial charge in [0.15, 0.2) is 0 Å². The average Bonchev–Trinajstić information content (AvgIpc) is 2.86. The maximum atomic E-state index is 13.1. The van der Waals surface area contributed by atoms with Crippen LogP contribution in [-0.4, -0.2) is 15.5 Å². The topological polar surface area (TPSA) is 55.4 Å². The summed E-state index contributed by atoms with van der Waals surface area (Å²) in [5.74, 6) is 7.02. The molecule has 0 heterocycles. The zero-order valence-corrected chi connectivity index (χ0v) is 19.8. The highest BCUT2D eigenvalue weighted by atomic mass is 32.2. The van der Waals surface area contributed by atoms with E-state index in [0.717, 1.165) is 28.0 Å². The van der Waals surface area contributed by atoms with Gasteiger partial charge in [0, 0.05) is 5.56 Å². The molecule has 5 heteroatoms. The van der Waals surface area contributed by atoms with Gasteiger partial charge in [0.25, 0.3) is 10.0 Å². The van der Waals surface area contributed by atoms with E-state index in [9.17, 15) is 8.42 Å². The fourth-order valence-corrected chi connectivity index (χ4v) is 4.67. The van der Waals surface area contributed by atoms with Crippen LogP contribution in [0.4, 0.5) is 5.69 Å². The molecule has 0 aliphatic carbocycles. The van der Waals surface area contributed by atoms with Gasteiger partial charge in [-0.2, -0.15) is 0 Å². The lowest BCUT2D eigenvalue weighted by molar-refractivity contribution is 0.415. The maximum Gasteiger partial charge on any atom is 0.261 e. The van der Waals surface area contributed by atoms with Gasteiger partial charge in [0.2, 0.25) is 0 Å². The molecule has 0 amide bonds. The first-order valence-corrected chi connectivity index (χ1v) is 12.3. The van der Waals surface area contributed by atoms with Crippen molar-refractivity contribution in [3.05, 3.63) is 125 Å². The molecule has 0 saturated heterocycles. The van der Waals surface area contributed by atoms with E-state index in [1.54, 1.807) is 37.4 Å². The van der Waals surface area contributed by atoms with E-state index in [4.69, 9.17) is 4.74 Å². The summed E-state index contributed by atoms with van der Waals surface area (Å²) >= 11 is 0. The summed E-state index contributed by atoms with van der Waals surface area (Å²) in [7, 11) is -2.13. The quantitative estimate of drug-likeness (QED) is 0.355. The Kier molecular flexibility index (Phi) is 7.01. The Hall–Kier alpha value is -4.01. The first-order valence-electron chi connectivity index (χ1n) is 10.9. The van der Waals surface area contributed by atoms with Crippen molar-refractivity contribution in [2.45, 2.75) is 17.7 Å². The number of anilines is 1. The van der Waals surface area contributed by atoms with Crippen molar-refractivity contribution in [2.24, 2.45) is 0 Å². The number of hydrogen-bond donors (Lipinski definition) is 1. The van der Waals surface area contributed by atoms with Crippen LogP contribution in [0.15, 0.2) is 108 Å². The molecule has 1 unspecified atom stereocenters. The molecule has 0 fully saturated rings. The number of aryl methyl sites for hydroxylation is 1. The standard InChI is InChI=1S/C29H25NO3S/c1-22-12-19-26(20-13-22)34(31,32)30-29-11-7-6-10-28(29)27(24-8-4-3-5-9-24)21-16-23-14-17-25(33-2)18-15-23/h3-15,17-20,27,30H,1-2H3. The summed E-state index contributed by atoms with van der Waals surface area (Å²) in [6.45, 7) is 1.92. The number of ether oxygens (including phenoxy) is 1. The van der Waals surface area contributed by atoms with Crippen LogP contribution in [0.25, 0.3) is 0 Å². The fourth-order valence-electron chi connectivity index (χ4n) is 3.58. The molecule has 0 aliphatic heterocycles. The minimum absolute atomic E-state index is 0.216. The predicted molar refractivity (Wildman–Crippen MR) is 137 cm³/mol. The lowest BCUT2D eigenvalue weighted by atomic mass is 9.90. The van der Waals surface area contributed by atoms with Crippen molar-refractivity contribution < 1.29 is 13.2 Å². The third-order valence-corrected chi connectivity index (χ3v) is 6.81. The normalized spacial score (nSPS) is 11.7. The smallest absolute Gasteiger partial charge is 0.261 e. The predicted octanol–water partition coefficient (Wildman–Crippen LogP) is 5.99. The van der Waals surface area contributed by atoms with E-state index in [-0.39, 0.29) is 10.8 Å². The molecule has 0 bridgehead atoms. The van der Waals surface area contributed by atoms with Crippen LogP contribution in [0.3, 0.4) is 0 Å². The van der Waals surface area contributed by atoms with Crippen molar-refractivity contribution >= 4 is 15.7 Å². The second-order valence-corrected chi connectivity index (χ2v) is 9.53. The van der Waals surface area contributed by atoms with Crippen molar-refractivity contribution in [1.82, 2.24) is 0 Å². The van der Waals surface area contributed by atoms with Gasteiger partial charge in [-0.05, 0) is 60.5 Å². The second-order valence-electron chi connectivity index (χ2n) is 7.85. The minimum Gasteiger partial charge on any atom is -0.497 e. The number of nitrogens with one attached hydrogen (secondary N) is 1. The number of para-hydroxylation sites is 1. The van der Waals surface area contributed by atoms with E-state index in [1.807, 2.05) is 79.7 Å². The Bertz CT molecular complexity index is 1420. The Morgan fingerprint density at radius 2 is 1.44 bits per heavy atom. The molecule has 4 nitrogen and oxygen atoms in total. The molecule has 4 aromatic carbocycles. The molecule has 1 atom stereocenters. The van der Waals surface area contributed by atoms with E-state index in [2.05, 4.69) is 16.6 Å². The fraction of sp³-hybridized carbons (Fsp3) is 0.103. The molecule has 0 spiro atoms. The largest absolute Gasteiger partial charge is 0.497 e. The number of methoxy groups -OCH3 is 1. The van der Waals surface area contributed by atoms with E-state index in [1.165, 1.54) is 0 Å². The van der Waals surface area contributed by atoms with Gasteiger partial charge in [0.1, 0.15) is 5.75 Å². The molecule has 4 rings (SSSR count). The Morgan fingerprint density at radius 3 is 2.12 bits per heavy atom. The molecule has 0 aromatic heterocycles. The summed E-state index contributed by atoms with van der Waals surface area (Å²) in [4.78, 5) is 0.216. The number of rotatable bonds is 6. The van der Waals surface area contributed by atoms with Crippen LogP contribution in [0.1, 0.15) is 28.2 Å². The third-order valence-electron chi connectivity index (χ3n) is 5.43. The van der Waals surface area contributed by atoms with Crippen LogP contribution < -0.4 is 9.46 Å². The van der Waals surface area contributed by atoms with Gasteiger partial charge in [0.05, 0.1) is 23.6 Å². The summed E-state index contributed by atoms with van der Waals surface area (Å²) in [5, 5.41) is 0. The van der Waals surface area contributed by atoms with Gasteiger partial charge in [-0.15, -0.1) is 0 Å². The highest BCUT2D eigenvalue weighted by Crippen LogP contribution is 2.31. The zero-order valence-electron chi connectivity index (χ0n) is 19.0. The molecular weight excluding hydrogens is 442 g/mol. The van der Waals surface area contributed by atoms with Gasteiger partial charge < -0.3 is 4.74 Å². The highest BCUT2D eigenvalue weighted by molar-refractivity contribution is 7.92. The summed E-state index contributed by atoms with van der Waals surface area (Å²) in [6, 6.07) is 31.6. The van der Waals surface area contributed by atoms with Crippen LogP contribution >= 0.6 is 0 Å². The Balaban J connectivity index is 1.74. The van der Waals surface area contributed by atoms with Crippen LogP contribution in [0, 0.1) is 18.8 Å². The second kappa shape index (κ2) is 10.3. The molecule has 0 radical (unpaired) electrons. The molecular formula is C29H25NO3S. The van der Waals surface area contributed by atoms with Crippen LogP contribution in [0.2, 0.25) is 0 Å². The van der Waals surface area contributed by atoms with Gasteiger partial charge in [-0.25, -0.2) is 8.42 Å².